The third-order valence-corrected chi connectivity index (χ3v) is 6.90. The van der Waals surface area contributed by atoms with Gasteiger partial charge in [0.15, 0.2) is 0 Å². The summed E-state index contributed by atoms with van der Waals surface area (Å²) in [5.41, 5.74) is -0.505. The number of rotatable bonds is 10. The second kappa shape index (κ2) is 12.4. The van der Waals surface area contributed by atoms with Crippen LogP contribution in [0.2, 0.25) is 0 Å². The molecule has 0 saturated heterocycles. The number of allylic oxidation sites excluding steroid dienone is 1. The van der Waals surface area contributed by atoms with Crippen LogP contribution in [0.25, 0.3) is 0 Å². The fraction of sp³-hybridized carbons (Fsp3) is 0.875. The lowest BCUT2D eigenvalue weighted by Gasteiger charge is -2.29. The Morgan fingerprint density at radius 3 is 2.53 bits per heavy atom. The van der Waals surface area contributed by atoms with Gasteiger partial charge >= 0.3 is 5.97 Å². The van der Waals surface area contributed by atoms with E-state index in [1.165, 1.54) is 19.3 Å². The van der Waals surface area contributed by atoms with Gasteiger partial charge in [-0.2, -0.15) is 0 Å². The van der Waals surface area contributed by atoms with E-state index in [4.69, 9.17) is 21.1 Å². The predicted molar refractivity (Wildman–Crippen MR) is 119 cm³/mol. The third kappa shape index (κ3) is 8.86. The number of hydrogen-bond acceptors (Lipinski definition) is 5. The highest BCUT2D eigenvalue weighted by molar-refractivity contribution is 6.21. The lowest BCUT2D eigenvalue weighted by atomic mass is 9.81. The number of ether oxygens (including phenoxy) is 2. The molecule has 0 heterocycles. The third-order valence-electron chi connectivity index (χ3n) is 6.39. The summed E-state index contributed by atoms with van der Waals surface area (Å²) in [7, 11) is 0. The Labute approximate surface area is 187 Å². The topological polar surface area (TPSA) is 76.0 Å². The van der Waals surface area contributed by atoms with Crippen LogP contribution in [0, 0.1) is 17.8 Å². The maximum absolute atomic E-state index is 11.6. The molecule has 174 valence electrons. The largest absolute Gasteiger partial charge is 0.458 e. The monoisotopic (exact) mass is 444 g/mol. The van der Waals surface area contributed by atoms with Crippen molar-refractivity contribution in [2.45, 2.75) is 102 Å². The lowest BCUT2D eigenvalue weighted by Crippen LogP contribution is -2.27. The molecule has 0 aromatic heterocycles. The Balaban J connectivity index is 1.71. The summed E-state index contributed by atoms with van der Waals surface area (Å²) in [5.74, 6) is 0.372. The zero-order valence-corrected chi connectivity index (χ0v) is 19.7. The molecule has 2 rings (SSSR count). The summed E-state index contributed by atoms with van der Waals surface area (Å²) in [6, 6.07) is 0. The zero-order valence-electron chi connectivity index (χ0n) is 18.9. The molecule has 2 N–H and O–H groups in total. The molecule has 6 heteroatoms. The van der Waals surface area contributed by atoms with Crippen LogP contribution in [0.4, 0.5) is 0 Å². The van der Waals surface area contributed by atoms with Gasteiger partial charge in [0.05, 0.1) is 18.8 Å². The second-order valence-corrected chi connectivity index (χ2v) is 10.6. The van der Waals surface area contributed by atoms with E-state index in [-0.39, 0.29) is 35.9 Å². The number of carbonyl (C=O) groups is 1. The van der Waals surface area contributed by atoms with Gasteiger partial charge in [0.2, 0.25) is 0 Å². The SMILES string of the molecule is CC(C)(C)OC(=O)COC/C=C\C[C@H]1C(Cl)CC(O)[C@@H]1CCC(O)C1CCCCC1. The minimum Gasteiger partial charge on any atom is -0.458 e. The first-order valence-corrected chi connectivity index (χ1v) is 12.1. The van der Waals surface area contributed by atoms with Gasteiger partial charge in [0.1, 0.15) is 12.2 Å². The molecule has 0 spiro atoms. The normalized spacial score (nSPS) is 29.4. The quantitative estimate of drug-likeness (QED) is 0.222. The van der Waals surface area contributed by atoms with E-state index in [2.05, 4.69) is 0 Å². The fourth-order valence-electron chi connectivity index (χ4n) is 4.88. The van der Waals surface area contributed by atoms with Crippen molar-refractivity contribution in [2.75, 3.05) is 13.2 Å². The van der Waals surface area contributed by atoms with E-state index in [0.717, 1.165) is 32.1 Å². The van der Waals surface area contributed by atoms with Crippen LogP contribution in [0.15, 0.2) is 12.2 Å². The number of alkyl halides is 1. The summed E-state index contributed by atoms with van der Waals surface area (Å²) in [5, 5.41) is 21.0. The Bertz CT molecular complexity index is 538. The summed E-state index contributed by atoms with van der Waals surface area (Å²) in [6.07, 6.45) is 12.2. The molecule has 5 nitrogen and oxygen atoms in total. The minimum absolute atomic E-state index is 0.0517. The first-order valence-electron chi connectivity index (χ1n) is 11.6. The molecule has 30 heavy (non-hydrogen) atoms. The summed E-state index contributed by atoms with van der Waals surface area (Å²) in [6.45, 7) is 5.76. The first-order chi connectivity index (χ1) is 14.2. The van der Waals surface area contributed by atoms with Crippen LogP contribution in [0.3, 0.4) is 0 Å². The van der Waals surface area contributed by atoms with Gasteiger partial charge in [-0.25, -0.2) is 4.79 Å². The maximum atomic E-state index is 11.6. The van der Waals surface area contributed by atoms with Crippen molar-refractivity contribution in [1.29, 1.82) is 0 Å². The molecule has 2 aliphatic carbocycles. The number of aliphatic hydroxyl groups is 2. The Morgan fingerprint density at radius 2 is 1.87 bits per heavy atom. The number of aliphatic hydroxyl groups excluding tert-OH is 2. The van der Waals surface area contributed by atoms with Crippen molar-refractivity contribution in [3.63, 3.8) is 0 Å². The maximum Gasteiger partial charge on any atom is 0.332 e. The van der Waals surface area contributed by atoms with E-state index in [0.29, 0.717) is 18.9 Å². The van der Waals surface area contributed by atoms with Crippen LogP contribution < -0.4 is 0 Å². The predicted octanol–water partition coefficient (Wildman–Crippen LogP) is 4.62. The molecule has 0 aromatic rings. The van der Waals surface area contributed by atoms with Crippen LogP contribution in [0.1, 0.15) is 78.6 Å². The van der Waals surface area contributed by atoms with Gasteiger partial charge in [-0.05, 0) is 77.0 Å². The van der Waals surface area contributed by atoms with Crippen molar-refractivity contribution in [3.8, 4) is 0 Å². The molecule has 0 radical (unpaired) electrons. The average Bonchev–Trinajstić information content (AvgIpc) is 2.94. The van der Waals surface area contributed by atoms with Gasteiger partial charge in [0.25, 0.3) is 0 Å². The molecule has 0 amide bonds. The van der Waals surface area contributed by atoms with Crippen molar-refractivity contribution in [1.82, 2.24) is 0 Å². The summed E-state index contributed by atoms with van der Waals surface area (Å²) >= 11 is 6.53. The van der Waals surface area contributed by atoms with Crippen molar-refractivity contribution >= 4 is 17.6 Å². The second-order valence-electron chi connectivity index (χ2n) is 10.00. The molecule has 2 fully saturated rings. The van der Waals surface area contributed by atoms with Gasteiger partial charge in [-0.1, -0.05) is 31.4 Å². The van der Waals surface area contributed by atoms with Crippen molar-refractivity contribution in [3.05, 3.63) is 12.2 Å². The summed E-state index contributed by atoms with van der Waals surface area (Å²) in [4.78, 5) is 11.6. The Hall–Kier alpha value is -0.620. The highest BCUT2D eigenvalue weighted by atomic mass is 35.5. The Morgan fingerprint density at radius 1 is 1.17 bits per heavy atom. The van der Waals surface area contributed by atoms with E-state index < -0.39 is 11.7 Å². The minimum atomic E-state index is -0.505. The first kappa shape index (κ1) is 25.6. The zero-order chi connectivity index (χ0) is 22.1. The smallest absolute Gasteiger partial charge is 0.332 e. The highest BCUT2D eigenvalue weighted by Crippen LogP contribution is 2.42. The standard InChI is InChI=1S/C24H41ClO5/c1-24(2,3)30-23(28)16-29-14-8-7-11-18-19(22(27)15-20(18)25)12-13-21(26)17-9-5-4-6-10-17/h7-8,17-22,26-27H,4-6,9-16H2,1-3H3/b8-7-/t18-,19-,20?,21?,22?/m1/s1. The lowest BCUT2D eigenvalue weighted by molar-refractivity contribution is -0.159. The molecule has 2 aliphatic rings. The van der Waals surface area contributed by atoms with Gasteiger partial charge in [-0.15, -0.1) is 11.6 Å². The van der Waals surface area contributed by atoms with Gasteiger partial charge in [-0.3, -0.25) is 0 Å². The molecular formula is C24H41ClO5. The molecular weight excluding hydrogens is 404 g/mol. The van der Waals surface area contributed by atoms with Crippen LogP contribution in [0.5, 0.6) is 0 Å². The number of carbonyl (C=O) groups excluding carboxylic acids is 1. The Kier molecular flexibility index (Phi) is 10.6. The number of halogens is 1. The van der Waals surface area contributed by atoms with Crippen molar-refractivity contribution < 1.29 is 24.5 Å². The molecule has 0 aliphatic heterocycles. The van der Waals surface area contributed by atoms with Crippen LogP contribution >= 0.6 is 11.6 Å². The van der Waals surface area contributed by atoms with E-state index >= 15 is 0 Å². The van der Waals surface area contributed by atoms with Crippen LogP contribution in [-0.2, 0) is 14.3 Å². The molecule has 3 unspecified atom stereocenters. The molecule has 0 bridgehead atoms. The number of esters is 1. The van der Waals surface area contributed by atoms with Gasteiger partial charge in [0, 0.05) is 5.38 Å². The molecule has 0 aromatic carbocycles. The van der Waals surface area contributed by atoms with E-state index in [9.17, 15) is 15.0 Å². The number of hydrogen-bond donors (Lipinski definition) is 2. The van der Waals surface area contributed by atoms with E-state index in [1.54, 1.807) is 0 Å². The molecule has 2 saturated carbocycles. The average molecular weight is 445 g/mol. The fourth-order valence-corrected chi connectivity index (χ4v) is 5.36. The summed E-state index contributed by atoms with van der Waals surface area (Å²) < 4.78 is 10.6. The highest BCUT2D eigenvalue weighted by Gasteiger charge is 2.40. The van der Waals surface area contributed by atoms with E-state index in [1.807, 2.05) is 32.9 Å². The van der Waals surface area contributed by atoms with Crippen LogP contribution in [-0.4, -0.2) is 52.6 Å². The van der Waals surface area contributed by atoms with Gasteiger partial charge < -0.3 is 19.7 Å². The van der Waals surface area contributed by atoms with Crippen molar-refractivity contribution in [2.24, 2.45) is 17.8 Å². The molecule has 5 atom stereocenters.